The van der Waals surface area contributed by atoms with Crippen LogP contribution in [0.25, 0.3) is 0 Å². The van der Waals surface area contributed by atoms with Crippen LogP contribution in [0.1, 0.15) is 33.1 Å². The molecular formula is C10H17N3O2S. The highest BCUT2D eigenvalue weighted by Crippen LogP contribution is 2.26. The van der Waals surface area contributed by atoms with Crippen molar-refractivity contribution in [3.8, 4) is 0 Å². The molecule has 2 N–H and O–H groups in total. The molecule has 90 valence electrons. The van der Waals surface area contributed by atoms with E-state index in [1.807, 2.05) is 0 Å². The van der Waals surface area contributed by atoms with Crippen LogP contribution in [-0.2, 0) is 4.79 Å². The Kier molecular flexibility index (Phi) is 4.67. The van der Waals surface area contributed by atoms with Crippen molar-refractivity contribution in [2.45, 2.75) is 33.1 Å². The van der Waals surface area contributed by atoms with Crippen LogP contribution in [0.5, 0.6) is 0 Å². The number of carboxylic acid groups (broad SMARTS) is 1. The third-order valence-electron chi connectivity index (χ3n) is 2.45. The summed E-state index contributed by atoms with van der Waals surface area (Å²) in [7, 11) is 0. The lowest BCUT2D eigenvalue weighted by molar-refractivity contribution is -0.137. The van der Waals surface area contributed by atoms with E-state index >= 15 is 0 Å². The molecule has 0 bridgehead atoms. The number of hydrogen-bond acceptors (Lipinski definition) is 5. The second-order valence-corrected chi connectivity index (χ2v) is 5.26. The zero-order valence-corrected chi connectivity index (χ0v) is 10.4. The topological polar surface area (TPSA) is 75.1 Å². The standard InChI is InChI=1S/C10H17N3O2S/c1-10(2,4-3-8(14)15)5-6-11-9-12-7-13-16-9/h7H,3-6H2,1-2H3,(H,14,15)(H,11,12,13). The Bertz CT molecular complexity index is 325. The molecule has 1 rings (SSSR count). The number of anilines is 1. The molecule has 0 spiro atoms. The van der Waals surface area contributed by atoms with Gasteiger partial charge in [0.25, 0.3) is 0 Å². The van der Waals surface area contributed by atoms with Crippen LogP contribution in [0.15, 0.2) is 6.33 Å². The smallest absolute Gasteiger partial charge is 0.303 e. The zero-order valence-electron chi connectivity index (χ0n) is 9.56. The van der Waals surface area contributed by atoms with Gasteiger partial charge in [-0.1, -0.05) is 13.8 Å². The molecular weight excluding hydrogens is 226 g/mol. The molecule has 0 amide bonds. The predicted molar refractivity (Wildman–Crippen MR) is 63.7 cm³/mol. The lowest BCUT2D eigenvalue weighted by Crippen LogP contribution is -2.18. The van der Waals surface area contributed by atoms with E-state index in [0.717, 1.165) is 18.1 Å². The molecule has 0 unspecified atom stereocenters. The van der Waals surface area contributed by atoms with E-state index in [0.29, 0.717) is 6.42 Å². The van der Waals surface area contributed by atoms with Gasteiger partial charge in [0.2, 0.25) is 5.13 Å². The third-order valence-corrected chi connectivity index (χ3v) is 3.08. The van der Waals surface area contributed by atoms with Crippen LogP contribution in [0.3, 0.4) is 0 Å². The molecule has 1 heterocycles. The third kappa shape index (κ3) is 5.06. The van der Waals surface area contributed by atoms with Gasteiger partial charge < -0.3 is 10.4 Å². The number of nitrogens with one attached hydrogen (secondary N) is 1. The fourth-order valence-electron chi connectivity index (χ4n) is 1.33. The van der Waals surface area contributed by atoms with Crippen LogP contribution >= 0.6 is 11.5 Å². The lowest BCUT2D eigenvalue weighted by atomic mass is 9.84. The molecule has 5 nitrogen and oxygen atoms in total. The van der Waals surface area contributed by atoms with Crippen molar-refractivity contribution in [1.29, 1.82) is 0 Å². The maximum atomic E-state index is 10.5. The largest absolute Gasteiger partial charge is 0.481 e. The molecule has 0 atom stereocenters. The van der Waals surface area contributed by atoms with Crippen molar-refractivity contribution in [3.63, 3.8) is 0 Å². The average molecular weight is 243 g/mol. The summed E-state index contributed by atoms with van der Waals surface area (Å²) in [6, 6.07) is 0. The number of rotatable bonds is 7. The van der Waals surface area contributed by atoms with Gasteiger partial charge in [-0.25, -0.2) is 4.98 Å². The second-order valence-electron chi connectivity index (χ2n) is 4.48. The molecule has 0 aromatic carbocycles. The summed E-state index contributed by atoms with van der Waals surface area (Å²) in [6.45, 7) is 4.96. The van der Waals surface area contributed by atoms with Gasteiger partial charge in [0.05, 0.1) is 0 Å². The first-order chi connectivity index (χ1) is 7.49. The maximum Gasteiger partial charge on any atom is 0.303 e. The summed E-state index contributed by atoms with van der Waals surface area (Å²) in [5.74, 6) is -0.731. The van der Waals surface area contributed by atoms with Gasteiger partial charge >= 0.3 is 5.97 Å². The number of nitrogens with zero attached hydrogens (tertiary/aromatic N) is 2. The second kappa shape index (κ2) is 5.79. The van der Waals surface area contributed by atoms with Gasteiger partial charge in [-0.15, -0.1) is 0 Å². The molecule has 0 fully saturated rings. The highest BCUT2D eigenvalue weighted by molar-refractivity contribution is 7.09. The first kappa shape index (κ1) is 12.9. The number of carboxylic acids is 1. The van der Waals surface area contributed by atoms with E-state index in [2.05, 4.69) is 28.5 Å². The van der Waals surface area contributed by atoms with Crippen molar-refractivity contribution in [2.24, 2.45) is 5.41 Å². The molecule has 1 aromatic rings. The molecule has 6 heteroatoms. The molecule has 0 saturated carbocycles. The van der Waals surface area contributed by atoms with Gasteiger partial charge in [-0.2, -0.15) is 4.37 Å². The first-order valence-corrected chi connectivity index (χ1v) is 5.99. The first-order valence-electron chi connectivity index (χ1n) is 5.22. The SMILES string of the molecule is CC(C)(CCNc1ncns1)CCC(=O)O. The van der Waals surface area contributed by atoms with E-state index in [1.165, 1.54) is 17.9 Å². The van der Waals surface area contributed by atoms with Crippen LogP contribution < -0.4 is 5.32 Å². The average Bonchev–Trinajstić information content (AvgIpc) is 2.68. The summed E-state index contributed by atoms with van der Waals surface area (Å²) in [5, 5.41) is 12.6. The van der Waals surface area contributed by atoms with E-state index < -0.39 is 5.97 Å². The fourth-order valence-corrected chi connectivity index (χ4v) is 1.78. The normalized spacial score (nSPS) is 11.4. The minimum absolute atomic E-state index is 0.0378. The van der Waals surface area contributed by atoms with Crippen LogP contribution in [-0.4, -0.2) is 27.0 Å². The summed E-state index contributed by atoms with van der Waals surface area (Å²) in [5.41, 5.74) is 0.0378. The van der Waals surface area contributed by atoms with E-state index in [9.17, 15) is 4.79 Å². The molecule has 0 aliphatic carbocycles. The fraction of sp³-hybridized carbons (Fsp3) is 0.700. The van der Waals surface area contributed by atoms with Crippen LogP contribution in [0, 0.1) is 5.41 Å². The Hall–Kier alpha value is -1.17. The zero-order chi connectivity index (χ0) is 12.0. The minimum atomic E-state index is -0.731. The maximum absolute atomic E-state index is 10.5. The van der Waals surface area contributed by atoms with Gasteiger partial charge in [-0.05, 0) is 18.3 Å². The number of carbonyl (C=O) groups is 1. The van der Waals surface area contributed by atoms with E-state index in [-0.39, 0.29) is 11.8 Å². The van der Waals surface area contributed by atoms with Crippen molar-refractivity contribution in [3.05, 3.63) is 6.33 Å². The highest BCUT2D eigenvalue weighted by atomic mass is 32.1. The van der Waals surface area contributed by atoms with E-state index in [1.54, 1.807) is 0 Å². The van der Waals surface area contributed by atoms with Crippen molar-refractivity contribution >= 4 is 22.6 Å². The summed E-state index contributed by atoms with van der Waals surface area (Å²) < 4.78 is 3.89. The monoisotopic (exact) mass is 243 g/mol. The van der Waals surface area contributed by atoms with Crippen molar-refractivity contribution in [1.82, 2.24) is 9.36 Å². The minimum Gasteiger partial charge on any atom is -0.481 e. The van der Waals surface area contributed by atoms with Crippen molar-refractivity contribution < 1.29 is 9.90 Å². The molecule has 0 aliphatic rings. The molecule has 1 aromatic heterocycles. The molecule has 0 aliphatic heterocycles. The molecule has 16 heavy (non-hydrogen) atoms. The molecule has 0 saturated heterocycles. The Morgan fingerprint density at radius 2 is 2.31 bits per heavy atom. The lowest BCUT2D eigenvalue weighted by Gasteiger charge is -2.23. The van der Waals surface area contributed by atoms with Gasteiger partial charge in [-0.3, -0.25) is 4.79 Å². The van der Waals surface area contributed by atoms with E-state index in [4.69, 9.17) is 5.11 Å². The van der Waals surface area contributed by atoms with Gasteiger partial charge in [0, 0.05) is 24.5 Å². The Morgan fingerprint density at radius 3 is 2.88 bits per heavy atom. The Balaban J connectivity index is 2.22. The highest BCUT2D eigenvalue weighted by Gasteiger charge is 2.18. The summed E-state index contributed by atoms with van der Waals surface area (Å²) in [6.07, 6.45) is 3.36. The predicted octanol–water partition coefficient (Wildman–Crippen LogP) is 2.23. The van der Waals surface area contributed by atoms with Gasteiger partial charge in [0.15, 0.2) is 0 Å². The number of aromatic nitrogens is 2. The number of aliphatic carboxylic acids is 1. The summed E-state index contributed by atoms with van der Waals surface area (Å²) >= 11 is 1.33. The number of hydrogen-bond donors (Lipinski definition) is 2. The quantitative estimate of drug-likeness (QED) is 0.768. The van der Waals surface area contributed by atoms with Gasteiger partial charge in [0.1, 0.15) is 6.33 Å². The Labute approximate surface area is 99.1 Å². The van der Waals surface area contributed by atoms with Crippen LogP contribution in [0.2, 0.25) is 0 Å². The molecule has 0 radical (unpaired) electrons. The van der Waals surface area contributed by atoms with Crippen molar-refractivity contribution in [2.75, 3.05) is 11.9 Å². The van der Waals surface area contributed by atoms with Crippen LogP contribution in [0.4, 0.5) is 5.13 Å². The Morgan fingerprint density at radius 1 is 1.56 bits per heavy atom. The summed E-state index contributed by atoms with van der Waals surface area (Å²) in [4.78, 5) is 14.5.